The van der Waals surface area contributed by atoms with Crippen molar-refractivity contribution in [2.24, 2.45) is 0 Å². The molecule has 1 aliphatic heterocycles. The predicted molar refractivity (Wildman–Crippen MR) is 60.4 cm³/mol. The van der Waals surface area contributed by atoms with Crippen molar-refractivity contribution >= 4 is 11.6 Å². The van der Waals surface area contributed by atoms with Gasteiger partial charge in [-0.1, -0.05) is 0 Å². The van der Waals surface area contributed by atoms with Gasteiger partial charge >= 0.3 is 0 Å². The molecule has 2 aromatic rings. The number of rotatable bonds is 2. The van der Waals surface area contributed by atoms with Crippen molar-refractivity contribution in [1.29, 1.82) is 0 Å². The van der Waals surface area contributed by atoms with Gasteiger partial charge in [0, 0.05) is 12.7 Å². The summed E-state index contributed by atoms with van der Waals surface area (Å²) in [7, 11) is 0. The van der Waals surface area contributed by atoms with E-state index in [4.69, 9.17) is 0 Å². The number of hydrogen-bond acceptors (Lipinski definition) is 4. The zero-order valence-electron chi connectivity index (χ0n) is 9.25. The first-order valence-corrected chi connectivity index (χ1v) is 5.67. The van der Waals surface area contributed by atoms with E-state index in [9.17, 15) is 9.50 Å². The van der Waals surface area contributed by atoms with Gasteiger partial charge in [0.15, 0.2) is 5.65 Å². The van der Waals surface area contributed by atoms with Gasteiger partial charge in [0.1, 0.15) is 5.82 Å². The maximum Gasteiger partial charge on any atom is 0.232 e. The maximum atomic E-state index is 13.2. The van der Waals surface area contributed by atoms with E-state index in [-0.39, 0.29) is 18.5 Å². The smallest absolute Gasteiger partial charge is 0.232 e. The van der Waals surface area contributed by atoms with Gasteiger partial charge in [-0.15, -0.1) is 10.2 Å². The number of hydrogen-bond donors (Lipinski definition) is 1. The molecule has 17 heavy (non-hydrogen) atoms. The summed E-state index contributed by atoms with van der Waals surface area (Å²) >= 11 is 0. The molecule has 3 heterocycles. The minimum absolute atomic E-state index is 0.0608. The average molecular weight is 236 g/mol. The molecule has 3 rings (SSSR count). The van der Waals surface area contributed by atoms with Crippen LogP contribution in [-0.4, -0.2) is 38.9 Å². The van der Waals surface area contributed by atoms with Crippen LogP contribution in [0.1, 0.15) is 12.8 Å². The summed E-state index contributed by atoms with van der Waals surface area (Å²) in [5.41, 5.74) is 0.616. The maximum absolute atomic E-state index is 13.2. The normalized spacial score (nSPS) is 20.4. The van der Waals surface area contributed by atoms with Crippen molar-refractivity contribution < 1.29 is 9.50 Å². The molecule has 0 aromatic carbocycles. The summed E-state index contributed by atoms with van der Waals surface area (Å²) in [6.45, 7) is 0.909. The molecule has 0 spiro atoms. The molecule has 0 aliphatic carbocycles. The van der Waals surface area contributed by atoms with Crippen LogP contribution in [0.2, 0.25) is 0 Å². The zero-order chi connectivity index (χ0) is 11.8. The van der Waals surface area contributed by atoms with Crippen molar-refractivity contribution in [3.05, 3.63) is 24.1 Å². The fourth-order valence-electron chi connectivity index (χ4n) is 2.34. The van der Waals surface area contributed by atoms with Crippen molar-refractivity contribution in [3.8, 4) is 0 Å². The van der Waals surface area contributed by atoms with E-state index in [0.29, 0.717) is 11.6 Å². The summed E-state index contributed by atoms with van der Waals surface area (Å²) in [6, 6.07) is 3.02. The van der Waals surface area contributed by atoms with Crippen LogP contribution in [0.25, 0.3) is 5.65 Å². The lowest BCUT2D eigenvalue weighted by Gasteiger charge is -2.22. The molecule has 1 N–H and O–H groups in total. The number of nitrogens with zero attached hydrogens (tertiary/aromatic N) is 4. The SMILES string of the molecule is OCC1CCCN1c1nnc2ccc(F)cn12. The number of anilines is 1. The Morgan fingerprint density at radius 2 is 2.29 bits per heavy atom. The van der Waals surface area contributed by atoms with Crippen LogP contribution in [0.3, 0.4) is 0 Å². The zero-order valence-corrected chi connectivity index (χ0v) is 9.25. The van der Waals surface area contributed by atoms with Crippen LogP contribution < -0.4 is 4.90 Å². The summed E-state index contributed by atoms with van der Waals surface area (Å²) in [5, 5.41) is 17.4. The molecule has 90 valence electrons. The monoisotopic (exact) mass is 236 g/mol. The Hall–Kier alpha value is -1.69. The highest BCUT2D eigenvalue weighted by atomic mass is 19.1. The third-order valence-corrected chi connectivity index (χ3v) is 3.19. The molecule has 1 atom stereocenters. The molecule has 1 saturated heterocycles. The number of aromatic nitrogens is 3. The van der Waals surface area contributed by atoms with Gasteiger partial charge in [-0.25, -0.2) is 4.39 Å². The van der Waals surface area contributed by atoms with Crippen LogP contribution in [0.4, 0.5) is 10.3 Å². The average Bonchev–Trinajstić information content (AvgIpc) is 2.93. The molecule has 2 aromatic heterocycles. The molecular weight excluding hydrogens is 223 g/mol. The van der Waals surface area contributed by atoms with Crippen molar-refractivity contribution in [2.75, 3.05) is 18.1 Å². The quantitative estimate of drug-likeness (QED) is 0.839. The van der Waals surface area contributed by atoms with Gasteiger partial charge in [0.2, 0.25) is 5.95 Å². The second-order valence-electron chi connectivity index (χ2n) is 4.25. The van der Waals surface area contributed by atoms with E-state index in [2.05, 4.69) is 10.2 Å². The minimum Gasteiger partial charge on any atom is -0.394 e. The fraction of sp³-hybridized carbons (Fsp3) is 0.455. The summed E-state index contributed by atoms with van der Waals surface area (Å²) < 4.78 is 14.8. The highest BCUT2D eigenvalue weighted by molar-refractivity contribution is 5.47. The van der Waals surface area contributed by atoms with Crippen LogP contribution in [0, 0.1) is 5.82 Å². The molecule has 0 radical (unpaired) electrons. The number of pyridine rings is 1. The van der Waals surface area contributed by atoms with E-state index in [1.807, 2.05) is 4.90 Å². The van der Waals surface area contributed by atoms with E-state index in [1.54, 1.807) is 10.5 Å². The second-order valence-corrected chi connectivity index (χ2v) is 4.25. The number of aliphatic hydroxyl groups excluding tert-OH is 1. The molecule has 0 saturated carbocycles. The third-order valence-electron chi connectivity index (χ3n) is 3.19. The molecule has 1 unspecified atom stereocenters. The Morgan fingerprint density at radius 1 is 1.41 bits per heavy atom. The van der Waals surface area contributed by atoms with Gasteiger partial charge in [0.05, 0.1) is 12.6 Å². The first-order valence-electron chi connectivity index (χ1n) is 5.67. The molecule has 1 aliphatic rings. The fourth-order valence-corrected chi connectivity index (χ4v) is 2.34. The van der Waals surface area contributed by atoms with E-state index < -0.39 is 0 Å². The lowest BCUT2D eigenvalue weighted by molar-refractivity contribution is 0.265. The van der Waals surface area contributed by atoms with Crippen LogP contribution in [0.5, 0.6) is 0 Å². The lowest BCUT2D eigenvalue weighted by Crippen LogP contribution is -2.33. The van der Waals surface area contributed by atoms with E-state index in [0.717, 1.165) is 19.4 Å². The van der Waals surface area contributed by atoms with Crippen LogP contribution in [0.15, 0.2) is 18.3 Å². The van der Waals surface area contributed by atoms with Gasteiger partial charge in [0.25, 0.3) is 0 Å². The molecule has 0 bridgehead atoms. The largest absolute Gasteiger partial charge is 0.394 e. The van der Waals surface area contributed by atoms with Gasteiger partial charge in [-0.3, -0.25) is 4.40 Å². The van der Waals surface area contributed by atoms with Crippen molar-refractivity contribution in [3.63, 3.8) is 0 Å². The van der Waals surface area contributed by atoms with Gasteiger partial charge in [-0.05, 0) is 25.0 Å². The Bertz CT molecular complexity index is 541. The number of fused-ring (bicyclic) bond motifs is 1. The van der Waals surface area contributed by atoms with Crippen LogP contribution >= 0.6 is 0 Å². The van der Waals surface area contributed by atoms with Gasteiger partial charge < -0.3 is 10.0 Å². The minimum atomic E-state index is -0.321. The number of aliphatic hydroxyl groups is 1. The highest BCUT2D eigenvalue weighted by Gasteiger charge is 2.27. The third kappa shape index (κ3) is 1.64. The molecule has 5 nitrogen and oxygen atoms in total. The topological polar surface area (TPSA) is 53.7 Å². The summed E-state index contributed by atoms with van der Waals surface area (Å²) in [4.78, 5) is 1.99. The lowest BCUT2D eigenvalue weighted by atomic mass is 10.2. The Kier molecular flexibility index (Phi) is 2.44. The van der Waals surface area contributed by atoms with Crippen LogP contribution in [-0.2, 0) is 0 Å². The second kappa shape index (κ2) is 3.96. The van der Waals surface area contributed by atoms with Crippen molar-refractivity contribution in [1.82, 2.24) is 14.6 Å². The summed E-state index contributed by atoms with van der Waals surface area (Å²) in [6.07, 6.45) is 3.31. The standard InChI is InChI=1S/C11H13FN4O/c12-8-3-4-10-13-14-11(16(10)6-8)15-5-1-2-9(15)7-17/h3-4,6,9,17H,1-2,5,7H2. The molecular formula is C11H13FN4O. The Labute approximate surface area is 97.5 Å². The van der Waals surface area contributed by atoms with Crippen molar-refractivity contribution in [2.45, 2.75) is 18.9 Å². The number of halogens is 1. The summed E-state index contributed by atoms with van der Waals surface area (Å²) in [5.74, 6) is 0.286. The van der Waals surface area contributed by atoms with Gasteiger partial charge in [-0.2, -0.15) is 0 Å². The highest BCUT2D eigenvalue weighted by Crippen LogP contribution is 2.24. The molecule has 1 fully saturated rings. The Balaban J connectivity index is 2.07. The first kappa shape index (κ1) is 10.5. The van der Waals surface area contributed by atoms with E-state index in [1.165, 1.54) is 12.3 Å². The Morgan fingerprint density at radius 3 is 3.12 bits per heavy atom. The predicted octanol–water partition coefficient (Wildman–Crippen LogP) is 0.829. The van der Waals surface area contributed by atoms with E-state index >= 15 is 0 Å². The first-order chi connectivity index (χ1) is 8.29. The molecule has 6 heteroatoms. The molecule has 0 amide bonds.